The molecule has 29 heavy (non-hydrogen) atoms. The Labute approximate surface area is 167 Å². The lowest BCUT2D eigenvalue weighted by molar-refractivity contribution is -0.122. The van der Waals surface area contributed by atoms with Gasteiger partial charge in [0.15, 0.2) is 16.8 Å². The molecule has 4 rings (SSSR count). The number of hydrogen-bond donors (Lipinski definition) is 1. The second-order valence-electron chi connectivity index (χ2n) is 6.51. The van der Waals surface area contributed by atoms with E-state index in [1.165, 1.54) is 29.2 Å². The third-order valence-electron chi connectivity index (χ3n) is 4.59. The van der Waals surface area contributed by atoms with Crippen LogP contribution < -0.4 is 10.2 Å². The molecule has 3 aromatic rings. The summed E-state index contributed by atoms with van der Waals surface area (Å²) in [7, 11) is 0. The maximum atomic E-state index is 14.0. The smallest absolute Gasteiger partial charge is 0.231 e. The molecule has 1 unspecified atom stereocenters. The predicted octanol–water partition coefficient (Wildman–Crippen LogP) is 4.22. The van der Waals surface area contributed by atoms with Crippen LogP contribution in [-0.2, 0) is 9.59 Å². The van der Waals surface area contributed by atoms with Gasteiger partial charge < -0.3 is 10.2 Å². The molecule has 2 heterocycles. The maximum absolute atomic E-state index is 14.0. The maximum Gasteiger partial charge on any atom is 0.231 e. The molecule has 5 nitrogen and oxygen atoms in total. The van der Waals surface area contributed by atoms with Crippen LogP contribution in [0.2, 0.25) is 0 Å². The highest BCUT2D eigenvalue weighted by Gasteiger charge is 2.36. The van der Waals surface area contributed by atoms with Crippen molar-refractivity contribution in [2.24, 2.45) is 5.92 Å². The molecule has 1 aromatic heterocycles. The molecule has 0 aliphatic carbocycles. The Hall–Kier alpha value is -3.20. The molecule has 2 aromatic carbocycles. The second kappa shape index (κ2) is 7.67. The largest absolute Gasteiger partial charge is 0.309 e. The Kier molecular flexibility index (Phi) is 5.06. The molecule has 9 heteroatoms. The van der Waals surface area contributed by atoms with Crippen LogP contribution in [0.15, 0.2) is 47.8 Å². The summed E-state index contributed by atoms with van der Waals surface area (Å²) < 4.78 is 40.4. The Balaban J connectivity index is 1.45. The van der Waals surface area contributed by atoms with E-state index in [-0.39, 0.29) is 29.7 Å². The van der Waals surface area contributed by atoms with Crippen molar-refractivity contribution in [1.29, 1.82) is 0 Å². The third kappa shape index (κ3) is 3.86. The summed E-state index contributed by atoms with van der Waals surface area (Å²) in [5.74, 6) is -3.88. The Morgan fingerprint density at radius 2 is 1.90 bits per heavy atom. The highest BCUT2D eigenvalue weighted by molar-refractivity contribution is 7.14. The highest BCUT2D eigenvalue weighted by atomic mass is 32.1. The number of para-hydroxylation sites is 1. The summed E-state index contributed by atoms with van der Waals surface area (Å²) in [4.78, 5) is 30.3. The average molecular weight is 417 g/mol. The summed E-state index contributed by atoms with van der Waals surface area (Å²) in [5, 5.41) is 4.51. The number of anilines is 2. The number of carbonyl (C=O) groups is 2. The van der Waals surface area contributed by atoms with Crippen molar-refractivity contribution >= 4 is 34.0 Å². The van der Waals surface area contributed by atoms with E-state index in [1.807, 2.05) is 0 Å². The van der Waals surface area contributed by atoms with E-state index in [0.717, 1.165) is 23.5 Å². The van der Waals surface area contributed by atoms with Crippen molar-refractivity contribution in [3.8, 4) is 11.3 Å². The Bertz CT molecular complexity index is 1100. The van der Waals surface area contributed by atoms with E-state index in [4.69, 9.17) is 0 Å². The molecule has 1 atom stereocenters. The Morgan fingerprint density at radius 3 is 2.66 bits per heavy atom. The SMILES string of the molecule is O=C(Nc1nc(-c2ccc(F)c(F)c2)cs1)C1CC(=O)N(c2ccccc2F)C1. The third-order valence-corrected chi connectivity index (χ3v) is 5.35. The summed E-state index contributed by atoms with van der Waals surface area (Å²) in [6.07, 6.45) is -0.0401. The minimum atomic E-state index is -0.987. The number of benzene rings is 2. The topological polar surface area (TPSA) is 62.3 Å². The van der Waals surface area contributed by atoms with Gasteiger partial charge in [-0.15, -0.1) is 11.3 Å². The van der Waals surface area contributed by atoms with Crippen LogP contribution in [0.4, 0.5) is 24.0 Å². The van der Waals surface area contributed by atoms with Crippen molar-refractivity contribution in [3.05, 3.63) is 65.3 Å². The number of rotatable bonds is 4. The molecule has 0 spiro atoms. The molecule has 1 N–H and O–H groups in total. The predicted molar refractivity (Wildman–Crippen MR) is 103 cm³/mol. The van der Waals surface area contributed by atoms with Crippen molar-refractivity contribution < 1.29 is 22.8 Å². The molecule has 1 aliphatic heterocycles. The lowest BCUT2D eigenvalue weighted by Gasteiger charge is -2.17. The zero-order valence-corrected chi connectivity index (χ0v) is 15.7. The van der Waals surface area contributed by atoms with Gasteiger partial charge in [0.1, 0.15) is 5.82 Å². The van der Waals surface area contributed by atoms with Crippen LogP contribution >= 0.6 is 11.3 Å². The summed E-state index contributed by atoms with van der Waals surface area (Å²) in [6, 6.07) is 9.31. The van der Waals surface area contributed by atoms with Gasteiger partial charge in [-0.1, -0.05) is 12.1 Å². The first-order chi connectivity index (χ1) is 13.9. The molecule has 0 bridgehead atoms. The fraction of sp³-hybridized carbons (Fsp3) is 0.150. The molecule has 1 aliphatic rings. The van der Waals surface area contributed by atoms with Gasteiger partial charge in [-0.2, -0.15) is 0 Å². The summed E-state index contributed by atoms with van der Waals surface area (Å²) in [5.41, 5.74) is 0.907. The van der Waals surface area contributed by atoms with Crippen LogP contribution in [0.1, 0.15) is 6.42 Å². The van der Waals surface area contributed by atoms with Crippen molar-refractivity contribution in [1.82, 2.24) is 4.98 Å². The fourth-order valence-corrected chi connectivity index (χ4v) is 3.84. The van der Waals surface area contributed by atoms with Gasteiger partial charge >= 0.3 is 0 Å². The highest BCUT2D eigenvalue weighted by Crippen LogP contribution is 2.30. The van der Waals surface area contributed by atoms with E-state index in [1.54, 1.807) is 11.4 Å². The molecule has 148 valence electrons. The normalized spacial score (nSPS) is 16.3. The quantitative estimate of drug-likeness (QED) is 0.692. The first-order valence-corrected chi connectivity index (χ1v) is 9.57. The van der Waals surface area contributed by atoms with Crippen molar-refractivity contribution in [2.45, 2.75) is 6.42 Å². The van der Waals surface area contributed by atoms with Gasteiger partial charge in [0.2, 0.25) is 11.8 Å². The minimum Gasteiger partial charge on any atom is -0.309 e. The van der Waals surface area contributed by atoms with E-state index < -0.39 is 29.3 Å². The van der Waals surface area contributed by atoms with Crippen LogP contribution in [0.25, 0.3) is 11.3 Å². The second-order valence-corrected chi connectivity index (χ2v) is 7.37. The fourth-order valence-electron chi connectivity index (χ4n) is 3.11. The number of halogens is 3. The minimum absolute atomic E-state index is 0.0401. The number of nitrogens with one attached hydrogen (secondary N) is 1. The van der Waals surface area contributed by atoms with Gasteiger partial charge in [0.25, 0.3) is 0 Å². The van der Waals surface area contributed by atoms with Crippen LogP contribution in [0.3, 0.4) is 0 Å². The number of nitrogens with zero attached hydrogens (tertiary/aromatic N) is 2. The molecule has 1 saturated heterocycles. The van der Waals surface area contributed by atoms with E-state index in [9.17, 15) is 22.8 Å². The van der Waals surface area contributed by atoms with Gasteiger partial charge in [-0.05, 0) is 30.3 Å². The lowest BCUT2D eigenvalue weighted by Crippen LogP contribution is -2.28. The number of thiazole rings is 1. The summed E-state index contributed by atoms with van der Waals surface area (Å²) >= 11 is 1.12. The van der Waals surface area contributed by atoms with E-state index >= 15 is 0 Å². The number of hydrogen-bond acceptors (Lipinski definition) is 4. The first-order valence-electron chi connectivity index (χ1n) is 8.69. The molecule has 0 saturated carbocycles. The standard InChI is InChI=1S/C20H14F3N3O2S/c21-13-6-5-11(7-15(13)23)16-10-29-20(24-16)25-19(28)12-8-18(27)26(9-12)17-4-2-1-3-14(17)22/h1-7,10,12H,8-9H2,(H,24,25,28). The zero-order chi connectivity index (χ0) is 20.5. The summed E-state index contributed by atoms with van der Waals surface area (Å²) in [6.45, 7) is 0.0625. The first kappa shape index (κ1) is 19.1. The molecular formula is C20H14F3N3O2S. The van der Waals surface area contributed by atoms with Gasteiger partial charge in [0, 0.05) is 23.9 Å². The molecule has 0 radical (unpaired) electrons. The van der Waals surface area contributed by atoms with Gasteiger partial charge in [-0.25, -0.2) is 18.2 Å². The number of amides is 2. The van der Waals surface area contributed by atoms with Gasteiger partial charge in [-0.3, -0.25) is 9.59 Å². The monoisotopic (exact) mass is 417 g/mol. The lowest BCUT2D eigenvalue weighted by atomic mass is 10.1. The van der Waals surface area contributed by atoms with Crippen molar-refractivity contribution in [2.75, 3.05) is 16.8 Å². The number of carbonyl (C=O) groups excluding carboxylic acids is 2. The Morgan fingerprint density at radius 1 is 1.10 bits per heavy atom. The number of aromatic nitrogens is 1. The van der Waals surface area contributed by atoms with E-state index in [2.05, 4.69) is 10.3 Å². The van der Waals surface area contributed by atoms with Crippen LogP contribution in [-0.4, -0.2) is 23.3 Å². The van der Waals surface area contributed by atoms with Crippen LogP contribution in [0, 0.1) is 23.4 Å². The van der Waals surface area contributed by atoms with E-state index in [0.29, 0.717) is 11.3 Å². The molecule has 2 amide bonds. The average Bonchev–Trinajstić information content (AvgIpc) is 3.31. The van der Waals surface area contributed by atoms with Crippen molar-refractivity contribution in [3.63, 3.8) is 0 Å². The molecular weight excluding hydrogens is 403 g/mol. The van der Waals surface area contributed by atoms with Crippen LogP contribution in [0.5, 0.6) is 0 Å². The zero-order valence-electron chi connectivity index (χ0n) is 14.9. The van der Waals surface area contributed by atoms with Gasteiger partial charge in [0.05, 0.1) is 17.3 Å². The molecule has 1 fully saturated rings.